The molecule has 0 bridgehead atoms. The molecule has 2 heterocycles. The molecule has 0 radical (unpaired) electrons. The van der Waals surface area contributed by atoms with E-state index in [-0.39, 0.29) is 5.95 Å². The molecule has 0 aromatic carbocycles. The standard InChI is InChI=1S/C6H6BrN5/c7-4-2-1-3-5(8)10-6(9)11-12(3)4/h1-2H,(H4,8,9,10,11). The van der Waals surface area contributed by atoms with Crippen molar-refractivity contribution in [3.8, 4) is 0 Å². The maximum Gasteiger partial charge on any atom is 0.240 e. The lowest BCUT2D eigenvalue weighted by Gasteiger charge is -1.99. The minimum atomic E-state index is 0.164. The first-order valence-corrected chi connectivity index (χ1v) is 4.04. The minimum absolute atomic E-state index is 0.164. The smallest absolute Gasteiger partial charge is 0.240 e. The van der Waals surface area contributed by atoms with Crippen LogP contribution in [0.1, 0.15) is 0 Å². The molecular formula is C6H6BrN5. The molecule has 0 aliphatic rings. The Morgan fingerprint density at radius 2 is 2.08 bits per heavy atom. The highest BCUT2D eigenvalue weighted by Crippen LogP contribution is 2.18. The normalized spacial score (nSPS) is 10.8. The molecule has 62 valence electrons. The molecule has 0 unspecified atom stereocenters. The van der Waals surface area contributed by atoms with Gasteiger partial charge in [0.15, 0.2) is 5.82 Å². The Kier molecular flexibility index (Phi) is 1.44. The monoisotopic (exact) mass is 227 g/mol. The first-order chi connectivity index (χ1) is 5.68. The van der Waals surface area contributed by atoms with Gasteiger partial charge in [-0.3, -0.25) is 0 Å². The highest BCUT2D eigenvalue weighted by atomic mass is 79.9. The Balaban J connectivity index is 2.92. The molecule has 0 spiro atoms. The summed E-state index contributed by atoms with van der Waals surface area (Å²) in [6, 6.07) is 3.65. The molecular weight excluding hydrogens is 222 g/mol. The van der Waals surface area contributed by atoms with E-state index in [0.29, 0.717) is 5.82 Å². The Morgan fingerprint density at radius 1 is 1.33 bits per heavy atom. The highest BCUT2D eigenvalue weighted by Gasteiger charge is 2.04. The van der Waals surface area contributed by atoms with Crippen molar-refractivity contribution in [2.24, 2.45) is 0 Å². The van der Waals surface area contributed by atoms with Gasteiger partial charge in [-0.05, 0) is 28.1 Å². The van der Waals surface area contributed by atoms with E-state index in [1.54, 1.807) is 4.52 Å². The fraction of sp³-hybridized carbons (Fsp3) is 0. The Hall–Kier alpha value is -1.30. The number of nitrogen functional groups attached to an aromatic ring is 2. The van der Waals surface area contributed by atoms with Gasteiger partial charge >= 0.3 is 0 Å². The molecule has 0 saturated carbocycles. The number of fused-ring (bicyclic) bond motifs is 1. The summed E-state index contributed by atoms with van der Waals surface area (Å²) in [4.78, 5) is 3.82. The average Bonchev–Trinajstić information content (AvgIpc) is 2.33. The third kappa shape index (κ3) is 0.918. The second-order valence-corrected chi connectivity index (χ2v) is 3.12. The summed E-state index contributed by atoms with van der Waals surface area (Å²) in [5.74, 6) is 0.546. The zero-order valence-electron chi connectivity index (χ0n) is 6.03. The van der Waals surface area contributed by atoms with E-state index >= 15 is 0 Å². The van der Waals surface area contributed by atoms with Crippen molar-refractivity contribution in [2.45, 2.75) is 0 Å². The zero-order chi connectivity index (χ0) is 8.72. The van der Waals surface area contributed by atoms with Gasteiger partial charge in [0, 0.05) is 0 Å². The van der Waals surface area contributed by atoms with Crippen molar-refractivity contribution in [1.29, 1.82) is 0 Å². The number of nitrogens with two attached hydrogens (primary N) is 2. The van der Waals surface area contributed by atoms with Crippen molar-refractivity contribution in [2.75, 3.05) is 11.5 Å². The van der Waals surface area contributed by atoms with Crippen LogP contribution in [0.5, 0.6) is 0 Å². The number of hydrogen-bond donors (Lipinski definition) is 2. The van der Waals surface area contributed by atoms with Crippen LogP contribution < -0.4 is 11.5 Å². The first kappa shape index (κ1) is 7.35. The van der Waals surface area contributed by atoms with Gasteiger partial charge in [-0.25, -0.2) is 4.52 Å². The summed E-state index contributed by atoms with van der Waals surface area (Å²) in [6.45, 7) is 0. The number of halogens is 1. The van der Waals surface area contributed by atoms with Gasteiger partial charge in [0.1, 0.15) is 10.1 Å². The van der Waals surface area contributed by atoms with Crippen molar-refractivity contribution < 1.29 is 0 Å². The molecule has 0 aliphatic heterocycles. The summed E-state index contributed by atoms with van der Waals surface area (Å²) < 4.78 is 2.40. The average molecular weight is 228 g/mol. The summed E-state index contributed by atoms with van der Waals surface area (Å²) in [7, 11) is 0. The molecule has 2 aromatic rings. The quantitative estimate of drug-likeness (QED) is 0.693. The van der Waals surface area contributed by atoms with Crippen LogP contribution in [0, 0.1) is 0 Å². The van der Waals surface area contributed by atoms with Crippen LogP contribution in [0.15, 0.2) is 16.7 Å². The number of aromatic nitrogens is 3. The van der Waals surface area contributed by atoms with Crippen LogP contribution in [0.3, 0.4) is 0 Å². The van der Waals surface area contributed by atoms with Crippen LogP contribution in [-0.2, 0) is 0 Å². The molecule has 2 aromatic heterocycles. The summed E-state index contributed by atoms with van der Waals surface area (Å²) in [6.07, 6.45) is 0. The third-order valence-corrected chi connectivity index (χ3v) is 2.11. The second kappa shape index (κ2) is 2.34. The van der Waals surface area contributed by atoms with Crippen molar-refractivity contribution in [3.63, 3.8) is 0 Å². The molecule has 12 heavy (non-hydrogen) atoms. The van der Waals surface area contributed by atoms with Crippen molar-refractivity contribution >= 4 is 33.2 Å². The van der Waals surface area contributed by atoms with Gasteiger partial charge in [-0.15, -0.1) is 5.10 Å². The fourth-order valence-electron chi connectivity index (χ4n) is 1.00. The molecule has 0 fully saturated rings. The predicted octanol–water partition coefficient (Wildman–Crippen LogP) is 0.656. The van der Waals surface area contributed by atoms with Crippen LogP contribution in [0.25, 0.3) is 5.52 Å². The lowest BCUT2D eigenvalue weighted by atomic mass is 10.5. The second-order valence-electron chi connectivity index (χ2n) is 2.31. The Bertz CT molecular complexity index is 435. The third-order valence-electron chi connectivity index (χ3n) is 1.51. The van der Waals surface area contributed by atoms with Gasteiger partial charge in [-0.1, -0.05) is 0 Å². The maximum absolute atomic E-state index is 5.60. The van der Waals surface area contributed by atoms with Crippen molar-refractivity contribution in [1.82, 2.24) is 14.6 Å². The lowest BCUT2D eigenvalue weighted by molar-refractivity contribution is 0.903. The van der Waals surface area contributed by atoms with Crippen LogP contribution in [0.2, 0.25) is 0 Å². The molecule has 4 N–H and O–H groups in total. The van der Waals surface area contributed by atoms with Crippen molar-refractivity contribution in [3.05, 3.63) is 16.7 Å². The van der Waals surface area contributed by atoms with Crippen LogP contribution in [0.4, 0.5) is 11.8 Å². The number of anilines is 2. The van der Waals surface area contributed by atoms with Gasteiger partial charge in [0.2, 0.25) is 5.95 Å². The highest BCUT2D eigenvalue weighted by molar-refractivity contribution is 9.10. The van der Waals surface area contributed by atoms with Gasteiger partial charge < -0.3 is 11.5 Å². The Morgan fingerprint density at radius 3 is 2.83 bits per heavy atom. The summed E-state index contributed by atoms with van der Waals surface area (Å²) in [5.41, 5.74) is 11.8. The maximum atomic E-state index is 5.60. The molecule has 0 aliphatic carbocycles. The minimum Gasteiger partial charge on any atom is -0.382 e. The van der Waals surface area contributed by atoms with E-state index < -0.39 is 0 Å². The molecule has 2 rings (SSSR count). The molecule has 0 saturated heterocycles. The first-order valence-electron chi connectivity index (χ1n) is 3.25. The van der Waals surface area contributed by atoms with E-state index in [0.717, 1.165) is 10.1 Å². The molecule has 6 heteroatoms. The van der Waals surface area contributed by atoms with E-state index in [9.17, 15) is 0 Å². The summed E-state index contributed by atoms with van der Waals surface area (Å²) in [5, 5.41) is 3.95. The van der Waals surface area contributed by atoms with E-state index in [2.05, 4.69) is 26.0 Å². The van der Waals surface area contributed by atoms with Gasteiger partial charge in [-0.2, -0.15) is 4.98 Å². The topological polar surface area (TPSA) is 82.2 Å². The van der Waals surface area contributed by atoms with E-state index in [4.69, 9.17) is 11.5 Å². The van der Waals surface area contributed by atoms with Crippen LogP contribution in [-0.4, -0.2) is 14.6 Å². The van der Waals surface area contributed by atoms with Gasteiger partial charge in [0.25, 0.3) is 0 Å². The van der Waals surface area contributed by atoms with Gasteiger partial charge in [0.05, 0.1) is 0 Å². The van der Waals surface area contributed by atoms with E-state index in [1.807, 2.05) is 12.1 Å². The van der Waals surface area contributed by atoms with Crippen LogP contribution >= 0.6 is 15.9 Å². The number of nitrogens with zero attached hydrogens (tertiary/aromatic N) is 3. The molecule has 0 atom stereocenters. The molecule has 0 amide bonds. The van der Waals surface area contributed by atoms with E-state index in [1.165, 1.54) is 0 Å². The SMILES string of the molecule is Nc1nc(N)c2ccc(Br)n2n1. The predicted molar refractivity (Wildman–Crippen MR) is 49.5 cm³/mol. The number of hydrogen-bond acceptors (Lipinski definition) is 4. The number of rotatable bonds is 0. The fourth-order valence-corrected chi connectivity index (χ4v) is 1.41. The lowest BCUT2D eigenvalue weighted by Crippen LogP contribution is -2.05. The zero-order valence-corrected chi connectivity index (χ0v) is 7.62. The molecule has 5 nitrogen and oxygen atoms in total. The Labute approximate surface area is 76.5 Å². The summed E-state index contributed by atoms with van der Waals surface area (Å²) >= 11 is 3.30. The largest absolute Gasteiger partial charge is 0.382 e.